The predicted molar refractivity (Wildman–Crippen MR) is 126 cm³/mol. The van der Waals surface area contributed by atoms with E-state index in [9.17, 15) is 9.90 Å². The Morgan fingerprint density at radius 2 is 2.19 bits per heavy atom. The van der Waals surface area contributed by atoms with Crippen LogP contribution in [0.1, 0.15) is 25.3 Å². The molecule has 8 heteroatoms. The molecule has 0 saturated heterocycles. The summed E-state index contributed by atoms with van der Waals surface area (Å²) in [6, 6.07) is 9.53. The summed E-state index contributed by atoms with van der Waals surface area (Å²) in [6.07, 6.45) is 4.72. The minimum atomic E-state index is -0.651. The van der Waals surface area contributed by atoms with E-state index in [0.717, 1.165) is 32.6 Å². The maximum absolute atomic E-state index is 12.0. The van der Waals surface area contributed by atoms with E-state index < -0.39 is 6.10 Å². The molecule has 2 aromatic heterocycles. The van der Waals surface area contributed by atoms with Gasteiger partial charge < -0.3 is 10.4 Å². The van der Waals surface area contributed by atoms with Crippen molar-refractivity contribution in [3.63, 3.8) is 0 Å². The van der Waals surface area contributed by atoms with Crippen molar-refractivity contribution in [3.05, 3.63) is 66.0 Å². The molecule has 3 aromatic rings. The molecule has 3 heterocycles. The van der Waals surface area contributed by atoms with Crippen molar-refractivity contribution in [3.8, 4) is 11.3 Å². The Morgan fingerprint density at radius 1 is 1.35 bits per heavy atom. The van der Waals surface area contributed by atoms with Gasteiger partial charge in [-0.25, -0.2) is 9.78 Å². The number of aliphatic hydroxyl groups is 1. The van der Waals surface area contributed by atoms with Gasteiger partial charge in [-0.2, -0.15) is 0 Å². The summed E-state index contributed by atoms with van der Waals surface area (Å²) in [5.74, 6) is -0.143. The van der Waals surface area contributed by atoms with Gasteiger partial charge in [0, 0.05) is 30.4 Å². The number of rotatable bonds is 5. The van der Waals surface area contributed by atoms with Gasteiger partial charge in [0.2, 0.25) is 0 Å². The van der Waals surface area contributed by atoms with E-state index in [1.807, 2.05) is 37.3 Å². The van der Waals surface area contributed by atoms with Gasteiger partial charge in [0.15, 0.2) is 5.13 Å². The van der Waals surface area contributed by atoms with E-state index in [-0.39, 0.29) is 11.9 Å². The molecule has 1 aliphatic rings. The first-order valence-electron chi connectivity index (χ1n) is 9.99. The number of benzene rings is 1. The predicted octanol–water partition coefficient (Wildman–Crippen LogP) is 4.49. The highest BCUT2D eigenvalue weighted by Gasteiger charge is 2.21. The zero-order valence-electron chi connectivity index (χ0n) is 17.3. The number of carbonyl (C=O) groups is 1. The quantitative estimate of drug-likeness (QED) is 0.552. The van der Waals surface area contributed by atoms with Crippen LogP contribution in [0.5, 0.6) is 0 Å². The number of urea groups is 1. The summed E-state index contributed by atoms with van der Waals surface area (Å²) in [6.45, 7) is 8.25. The lowest BCUT2D eigenvalue weighted by molar-refractivity contribution is 0.230. The van der Waals surface area contributed by atoms with Gasteiger partial charge in [0.05, 0.1) is 27.7 Å². The van der Waals surface area contributed by atoms with Gasteiger partial charge >= 0.3 is 6.03 Å². The summed E-state index contributed by atoms with van der Waals surface area (Å²) < 4.78 is 0.938. The number of anilines is 1. The van der Waals surface area contributed by atoms with Crippen molar-refractivity contribution in [1.82, 2.24) is 15.3 Å². The summed E-state index contributed by atoms with van der Waals surface area (Å²) in [4.78, 5) is 25.5. The number of hydrogen-bond donors (Lipinski definition) is 3. The van der Waals surface area contributed by atoms with Crippen molar-refractivity contribution < 1.29 is 9.90 Å². The number of amides is 2. The highest BCUT2D eigenvalue weighted by molar-refractivity contribution is 7.22. The van der Waals surface area contributed by atoms with Crippen LogP contribution in [0.25, 0.3) is 21.5 Å². The van der Waals surface area contributed by atoms with Crippen LogP contribution in [0.3, 0.4) is 0 Å². The molecule has 0 radical (unpaired) electrons. The number of aromatic nitrogens is 2. The fraction of sp³-hybridized carbons (Fsp3) is 0.217. The number of allylic oxidation sites excluding steroid dienone is 2. The standard InChI is InChI=1S/C23H23N5O2S/c1-4-24-22(30)28-23-27-20-11-15(17-12-26-19(14(3)29)9-13(17)2)10-16(21(20)31-23)18-7-5-6-8-25-18/h5-12,14,17,29H,2,4H2,1,3H3,(H2,24,27,28,30). The number of pyridine rings is 1. The van der Waals surface area contributed by atoms with Crippen LogP contribution in [0.2, 0.25) is 0 Å². The number of thiazole rings is 1. The van der Waals surface area contributed by atoms with Crippen LogP contribution in [0.4, 0.5) is 9.93 Å². The Balaban J connectivity index is 1.80. The molecule has 0 bridgehead atoms. The summed E-state index contributed by atoms with van der Waals surface area (Å²) in [5, 5.41) is 15.8. The maximum Gasteiger partial charge on any atom is 0.321 e. The van der Waals surface area contributed by atoms with E-state index in [2.05, 4.69) is 38.2 Å². The monoisotopic (exact) mass is 433 g/mol. The normalized spacial score (nSPS) is 16.8. The molecule has 7 nitrogen and oxygen atoms in total. The Bertz CT molecular complexity index is 1200. The molecule has 2 atom stereocenters. The number of hydrogen-bond acceptors (Lipinski definition) is 6. The van der Waals surface area contributed by atoms with Gasteiger partial charge in [0.25, 0.3) is 0 Å². The first kappa shape index (κ1) is 20.9. The molecule has 0 aliphatic carbocycles. The molecule has 1 aromatic carbocycles. The second-order valence-corrected chi connectivity index (χ2v) is 8.21. The van der Waals surface area contributed by atoms with Gasteiger partial charge in [-0.15, -0.1) is 0 Å². The topological polar surface area (TPSA) is 99.5 Å². The largest absolute Gasteiger partial charge is 0.387 e. The molecule has 3 N–H and O–H groups in total. The summed E-state index contributed by atoms with van der Waals surface area (Å²) in [5.41, 5.74) is 4.92. The maximum atomic E-state index is 12.0. The van der Waals surface area contributed by atoms with E-state index in [0.29, 0.717) is 17.4 Å². The molecule has 2 unspecified atom stereocenters. The van der Waals surface area contributed by atoms with Gasteiger partial charge in [-0.05, 0) is 55.3 Å². The first-order valence-corrected chi connectivity index (χ1v) is 10.8. The lowest BCUT2D eigenvalue weighted by atomic mass is 9.88. The second kappa shape index (κ2) is 8.79. The van der Waals surface area contributed by atoms with Crippen LogP contribution < -0.4 is 10.6 Å². The number of aliphatic hydroxyl groups excluding tert-OH is 1. The molecular weight excluding hydrogens is 410 g/mol. The van der Waals surface area contributed by atoms with E-state index in [1.54, 1.807) is 19.3 Å². The Hall–Kier alpha value is -3.36. The Kier molecular flexibility index (Phi) is 5.92. The van der Waals surface area contributed by atoms with Crippen LogP contribution in [0, 0.1) is 0 Å². The minimum Gasteiger partial charge on any atom is -0.387 e. The molecule has 2 amide bonds. The lowest BCUT2D eigenvalue weighted by Gasteiger charge is -2.20. The molecular formula is C23H23N5O2S. The zero-order valence-corrected chi connectivity index (χ0v) is 18.1. The van der Waals surface area contributed by atoms with Crippen LogP contribution in [-0.2, 0) is 0 Å². The highest BCUT2D eigenvalue weighted by atomic mass is 32.1. The minimum absolute atomic E-state index is 0.143. The summed E-state index contributed by atoms with van der Waals surface area (Å²) in [7, 11) is 0. The van der Waals surface area contributed by atoms with Crippen LogP contribution in [0.15, 0.2) is 65.4 Å². The molecule has 158 valence electrons. The van der Waals surface area contributed by atoms with Crippen molar-refractivity contribution >= 4 is 38.9 Å². The summed E-state index contributed by atoms with van der Waals surface area (Å²) >= 11 is 1.41. The number of fused-ring (bicyclic) bond motifs is 1. The third-order valence-corrected chi connectivity index (χ3v) is 5.92. The smallest absolute Gasteiger partial charge is 0.321 e. The fourth-order valence-electron chi connectivity index (χ4n) is 3.40. The average molecular weight is 434 g/mol. The Morgan fingerprint density at radius 3 is 2.87 bits per heavy atom. The van der Waals surface area contributed by atoms with Crippen LogP contribution >= 0.6 is 11.3 Å². The molecule has 1 aliphatic heterocycles. The van der Waals surface area contributed by atoms with Crippen molar-refractivity contribution in [1.29, 1.82) is 0 Å². The van der Waals surface area contributed by atoms with Gasteiger partial charge in [0.1, 0.15) is 0 Å². The third-order valence-electron chi connectivity index (χ3n) is 4.90. The third kappa shape index (κ3) is 4.40. The second-order valence-electron chi connectivity index (χ2n) is 7.21. The van der Waals surface area contributed by atoms with E-state index in [1.165, 1.54) is 11.3 Å². The number of aliphatic imine (C=N–C) groups is 1. The molecule has 31 heavy (non-hydrogen) atoms. The van der Waals surface area contributed by atoms with Crippen LogP contribution in [-0.4, -0.2) is 40.0 Å². The number of nitrogens with zero attached hydrogens (tertiary/aromatic N) is 3. The van der Waals surface area contributed by atoms with E-state index >= 15 is 0 Å². The fourth-order valence-corrected chi connectivity index (χ4v) is 4.37. The van der Waals surface area contributed by atoms with Crippen molar-refractivity contribution in [2.75, 3.05) is 11.9 Å². The molecule has 0 fully saturated rings. The number of carbonyl (C=O) groups excluding carboxylic acids is 1. The SMILES string of the molecule is C=C1C=C(C(C)O)N=CC1c1cc(-c2ccccn2)c2sc(NC(=O)NCC)nc2c1. The van der Waals surface area contributed by atoms with Crippen molar-refractivity contribution in [2.24, 2.45) is 4.99 Å². The highest BCUT2D eigenvalue weighted by Crippen LogP contribution is 2.39. The average Bonchev–Trinajstić information content (AvgIpc) is 3.15. The zero-order chi connectivity index (χ0) is 22.0. The number of nitrogens with one attached hydrogen (secondary N) is 2. The van der Waals surface area contributed by atoms with Crippen molar-refractivity contribution in [2.45, 2.75) is 25.9 Å². The van der Waals surface area contributed by atoms with Gasteiger partial charge in [-0.3, -0.25) is 15.3 Å². The Labute approximate surface area is 184 Å². The molecule has 4 rings (SSSR count). The van der Waals surface area contributed by atoms with E-state index in [4.69, 9.17) is 0 Å². The first-order chi connectivity index (χ1) is 15.0. The molecule has 0 spiro atoms. The van der Waals surface area contributed by atoms with Gasteiger partial charge in [-0.1, -0.05) is 24.0 Å². The molecule has 0 saturated carbocycles. The lowest BCUT2D eigenvalue weighted by Crippen LogP contribution is -2.28.